The molecule has 0 aliphatic carbocycles. The van der Waals surface area contributed by atoms with E-state index >= 15 is 0 Å². The van der Waals surface area contributed by atoms with E-state index in [0.717, 1.165) is 56.6 Å². The van der Waals surface area contributed by atoms with E-state index in [9.17, 15) is 9.59 Å². The number of anilines is 1. The van der Waals surface area contributed by atoms with Crippen LogP contribution in [0.3, 0.4) is 0 Å². The first kappa shape index (κ1) is 26.4. The van der Waals surface area contributed by atoms with Crippen LogP contribution in [0, 0.1) is 13.8 Å². The van der Waals surface area contributed by atoms with E-state index in [2.05, 4.69) is 60.0 Å². The molecule has 0 spiro atoms. The molecule has 2 heterocycles. The molecule has 2 amide bonds. The van der Waals surface area contributed by atoms with E-state index in [1.807, 2.05) is 17.9 Å². The summed E-state index contributed by atoms with van der Waals surface area (Å²) >= 11 is 0. The highest BCUT2D eigenvalue weighted by Crippen LogP contribution is 2.31. The first-order valence-electron chi connectivity index (χ1n) is 13.4. The van der Waals surface area contributed by atoms with Crippen molar-refractivity contribution in [3.05, 3.63) is 64.7 Å². The minimum atomic E-state index is 0.0590. The van der Waals surface area contributed by atoms with Gasteiger partial charge in [-0.15, -0.1) is 0 Å². The molecule has 36 heavy (non-hydrogen) atoms. The second-order valence-corrected chi connectivity index (χ2v) is 10.5. The maximum atomic E-state index is 13.3. The molecule has 0 radical (unpaired) electrons. The molecular weight excluding hydrogens is 450 g/mol. The fourth-order valence-corrected chi connectivity index (χ4v) is 6.13. The fraction of sp³-hybridized carbons (Fsp3) is 0.533. The first-order valence-corrected chi connectivity index (χ1v) is 13.4. The third-order valence-corrected chi connectivity index (χ3v) is 7.54. The summed E-state index contributed by atoms with van der Waals surface area (Å²) in [6, 6.07) is 15.3. The second-order valence-electron chi connectivity index (χ2n) is 10.5. The van der Waals surface area contributed by atoms with Crippen LogP contribution in [0.25, 0.3) is 0 Å². The van der Waals surface area contributed by atoms with Crippen molar-refractivity contribution < 1.29 is 14.3 Å². The van der Waals surface area contributed by atoms with Crippen LogP contribution in [0.4, 0.5) is 5.69 Å². The van der Waals surface area contributed by atoms with Crippen molar-refractivity contribution in [3.8, 4) is 0 Å². The predicted molar refractivity (Wildman–Crippen MR) is 144 cm³/mol. The average Bonchev–Trinajstić information content (AvgIpc) is 2.85. The number of piperidine rings is 1. The summed E-state index contributed by atoms with van der Waals surface area (Å²) in [4.78, 5) is 33.0. The molecule has 4 rings (SSSR count). The number of amides is 2. The Hall–Kier alpha value is -2.70. The van der Waals surface area contributed by atoms with Gasteiger partial charge < -0.3 is 14.5 Å². The lowest BCUT2D eigenvalue weighted by Gasteiger charge is -2.44. The van der Waals surface area contributed by atoms with Crippen molar-refractivity contribution in [1.82, 2.24) is 9.80 Å². The molecule has 0 aromatic heterocycles. The Balaban J connectivity index is 1.76. The summed E-state index contributed by atoms with van der Waals surface area (Å²) in [5, 5.41) is 0. The maximum Gasteiger partial charge on any atom is 0.249 e. The SMILES string of the molecule is CCC(=O)N1CCC2CCCC(CN(Cc3cc(C)cc(C)c3)Cc3ccccc31)N2C(=O)COC. The molecule has 2 aliphatic heterocycles. The molecule has 2 aromatic carbocycles. The third kappa shape index (κ3) is 6.16. The Morgan fingerprint density at radius 3 is 2.42 bits per heavy atom. The van der Waals surface area contributed by atoms with Gasteiger partial charge in [-0.3, -0.25) is 14.5 Å². The zero-order chi connectivity index (χ0) is 25.7. The Kier molecular flexibility index (Phi) is 8.81. The molecule has 2 aliphatic rings. The van der Waals surface area contributed by atoms with Crippen LogP contribution in [0.15, 0.2) is 42.5 Å². The normalized spacial score (nSPS) is 21.0. The number of ether oxygens (including phenoxy) is 1. The van der Waals surface area contributed by atoms with E-state index in [0.29, 0.717) is 13.0 Å². The van der Waals surface area contributed by atoms with Crippen LogP contribution in [0.5, 0.6) is 0 Å². The van der Waals surface area contributed by atoms with E-state index in [1.165, 1.54) is 16.7 Å². The number of nitrogens with zero attached hydrogens (tertiary/aromatic N) is 3. The number of carbonyl (C=O) groups excluding carboxylic acids is 2. The van der Waals surface area contributed by atoms with Gasteiger partial charge in [-0.05, 0) is 56.7 Å². The minimum absolute atomic E-state index is 0.0590. The van der Waals surface area contributed by atoms with Gasteiger partial charge in [0.2, 0.25) is 11.8 Å². The van der Waals surface area contributed by atoms with Gasteiger partial charge in [-0.1, -0.05) is 54.4 Å². The van der Waals surface area contributed by atoms with Crippen molar-refractivity contribution >= 4 is 17.5 Å². The van der Waals surface area contributed by atoms with Gasteiger partial charge in [0.25, 0.3) is 0 Å². The molecule has 0 saturated carbocycles. The van der Waals surface area contributed by atoms with E-state index < -0.39 is 0 Å². The van der Waals surface area contributed by atoms with Gasteiger partial charge >= 0.3 is 0 Å². The summed E-state index contributed by atoms with van der Waals surface area (Å²) in [6.45, 7) is 9.25. The molecular formula is C30H41N3O3. The number of para-hydroxylation sites is 1. The molecule has 194 valence electrons. The van der Waals surface area contributed by atoms with Crippen LogP contribution in [-0.4, -0.2) is 60.5 Å². The Bertz CT molecular complexity index is 1050. The highest BCUT2D eigenvalue weighted by Gasteiger charge is 2.36. The largest absolute Gasteiger partial charge is 0.375 e. The highest BCUT2D eigenvalue weighted by atomic mass is 16.5. The monoisotopic (exact) mass is 491 g/mol. The van der Waals surface area contributed by atoms with Crippen LogP contribution in [0.1, 0.15) is 61.3 Å². The van der Waals surface area contributed by atoms with E-state index in [4.69, 9.17) is 4.74 Å². The lowest BCUT2D eigenvalue weighted by molar-refractivity contribution is -0.143. The van der Waals surface area contributed by atoms with Crippen molar-refractivity contribution in [1.29, 1.82) is 0 Å². The van der Waals surface area contributed by atoms with Gasteiger partial charge in [-0.2, -0.15) is 0 Å². The molecule has 1 fully saturated rings. The van der Waals surface area contributed by atoms with Crippen molar-refractivity contribution in [2.75, 3.05) is 31.7 Å². The molecule has 6 heteroatoms. The Morgan fingerprint density at radius 1 is 0.972 bits per heavy atom. The van der Waals surface area contributed by atoms with E-state index in [1.54, 1.807) is 7.11 Å². The molecule has 1 saturated heterocycles. The van der Waals surface area contributed by atoms with Crippen molar-refractivity contribution in [2.24, 2.45) is 0 Å². The third-order valence-electron chi connectivity index (χ3n) is 7.54. The molecule has 2 atom stereocenters. The number of hydrogen-bond donors (Lipinski definition) is 0. The van der Waals surface area contributed by atoms with Gasteiger partial charge in [-0.25, -0.2) is 0 Å². The summed E-state index contributed by atoms with van der Waals surface area (Å²) in [5.41, 5.74) is 5.97. The zero-order valence-electron chi connectivity index (χ0n) is 22.3. The number of hydrogen-bond acceptors (Lipinski definition) is 4. The van der Waals surface area contributed by atoms with Crippen LogP contribution in [-0.2, 0) is 27.4 Å². The molecule has 0 N–H and O–H groups in total. The number of fused-ring (bicyclic) bond motifs is 3. The first-order chi connectivity index (χ1) is 17.4. The predicted octanol–water partition coefficient (Wildman–Crippen LogP) is 4.85. The number of rotatable bonds is 5. The Morgan fingerprint density at radius 2 is 1.69 bits per heavy atom. The highest BCUT2D eigenvalue weighted by molar-refractivity contribution is 5.94. The van der Waals surface area contributed by atoms with Gasteiger partial charge in [0.05, 0.1) is 0 Å². The summed E-state index contributed by atoms with van der Waals surface area (Å²) < 4.78 is 5.28. The maximum absolute atomic E-state index is 13.3. The van der Waals surface area contributed by atoms with Gasteiger partial charge in [0, 0.05) is 57.5 Å². The van der Waals surface area contributed by atoms with Crippen molar-refractivity contribution in [3.63, 3.8) is 0 Å². The topological polar surface area (TPSA) is 53.1 Å². The fourth-order valence-electron chi connectivity index (χ4n) is 6.13. The molecule has 2 unspecified atom stereocenters. The Labute approximate surface area is 216 Å². The summed E-state index contributed by atoms with van der Waals surface area (Å²) in [6.07, 6.45) is 4.30. The summed E-state index contributed by atoms with van der Waals surface area (Å²) in [7, 11) is 1.59. The number of benzene rings is 2. The lowest BCUT2D eigenvalue weighted by atomic mass is 9.92. The van der Waals surface area contributed by atoms with Crippen LogP contribution >= 0.6 is 0 Å². The van der Waals surface area contributed by atoms with Crippen LogP contribution in [0.2, 0.25) is 0 Å². The number of methoxy groups -OCH3 is 1. The lowest BCUT2D eigenvalue weighted by Crippen LogP contribution is -2.55. The standard InChI is InChI=1S/C30H41N3O3/c1-5-29(34)32-14-13-26-10-8-11-27(33(26)30(35)21-36-4)20-31(19-25-9-6-7-12-28(25)32)18-24-16-22(2)15-23(3)17-24/h6-7,9,12,15-17,26-27H,5,8,10-11,13-14,18-21H2,1-4H3. The minimum Gasteiger partial charge on any atom is -0.375 e. The van der Waals surface area contributed by atoms with Crippen molar-refractivity contribution in [2.45, 2.75) is 78.0 Å². The molecule has 6 nitrogen and oxygen atoms in total. The second kappa shape index (κ2) is 12.0. The molecule has 2 bridgehead atoms. The quantitative estimate of drug-likeness (QED) is 0.600. The summed E-state index contributed by atoms with van der Waals surface area (Å²) in [5.74, 6) is 0.188. The van der Waals surface area contributed by atoms with Crippen LogP contribution < -0.4 is 4.90 Å². The average molecular weight is 492 g/mol. The van der Waals surface area contributed by atoms with Gasteiger partial charge in [0.15, 0.2) is 0 Å². The van der Waals surface area contributed by atoms with Gasteiger partial charge in [0.1, 0.15) is 6.61 Å². The smallest absolute Gasteiger partial charge is 0.249 e. The number of carbonyl (C=O) groups is 2. The van der Waals surface area contributed by atoms with E-state index in [-0.39, 0.29) is 30.5 Å². The molecule has 2 aromatic rings. The zero-order valence-corrected chi connectivity index (χ0v) is 22.3. The number of aryl methyl sites for hydroxylation is 2.